The minimum atomic E-state index is -0.301. The fourth-order valence-electron chi connectivity index (χ4n) is 2.29. The van der Waals surface area contributed by atoms with Gasteiger partial charge in [0.2, 0.25) is 0 Å². The highest BCUT2D eigenvalue weighted by atomic mass is 16.5. The topological polar surface area (TPSA) is 35.5 Å². The highest BCUT2D eigenvalue weighted by Crippen LogP contribution is 2.34. The van der Waals surface area contributed by atoms with Gasteiger partial charge in [-0.05, 0) is 56.4 Å². The van der Waals surface area contributed by atoms with E-state index in [-0.39, 0.29) is 5.97 Å². The van der Waals surface area contributed by atoms with Crippen molar-refractivity contribution in [2.75, 3.05) is 13.7 Å². The summed E-state index contributed by atoms with van der Waals surface area (Å²) in [5.74, 6) is 0.362. The van der Waals surface area contributed by atoms with Crippen LogP contribution in [0.1, 0.15) is 46.5 Å². The van der Waals surface area contributed by atoms with Gasteiger partial charge in [-0.3, -0.25) is 0 Å². The first kappa shape index (κ1) is 14.6. The molecule has 18 heavy (non-hydrogen) atoms. The van der Waals surface area contributed by atoms with E-state index in [0.29, 0.717) is 17.9 Å². The minimum Gasteiger partial charge on any atom is -0.496 e. The van der Waals surface area contributed by atoms with E-state index < -0.39 is 0 Å². The Labute approximate surface area is 109 Å². The van der Waals surface area contributed by atoms with E-state index >= 15 is 0 Å². The Balaban J connectivity index is 3.57. The van der Waals surface area contributed by atoms with E-state index in [4.69, 9.17) is 9.47 Å². The molecule has 0 radical (unpaired) electrons. The third-order valence-electron chi connectivity index (χ3n) is 3.49. The summed E-state index contributed by atoms with van der Waals surface area (Å²) in [6.45, 7) is 10.3. The van der Waals surface area contributed by atoms with Crippen LogP contribution in [-0.4, -0.2) is 19.7 Å². The molecule has 100 valence electrons. The van der Waals surface area contributed by atoms with Crippen LogP contribution in [0.3, 0.4) is 0 Å². The lowest BCUT2D eigenvalue weighted by Crippen LogP contribution is -2.13. The lowest BCUT2D eigenvalue weighted by atomic mass is 9.91. The molecule has 1 aromatic rings. The second-order valence-electron chi connectivity index (χ2n) is 4.34. The van der Waals surface area contributed by atoms with Crippen LogP contribution >= 0.6 is 0 Å². The average Bonchev–Trinajstić information content (AvgIpc) is 2.35. The Bertz CT molecular complexity index is 462. The first-order chi connectivity index (χ1) is 8.49. The van der Waals surface area contributed by atoms with Crippen molar-refractivity contribution in [2.45, 2.75) is 41.0 Å². The Morgan fingerprint density at radius 1 is 1.06 bits per heavy atom. The van der Waals surface area contributed by atoms with E-state index in [1.54, 1.807) is 7.11 Å². The fraction of sp³-hybridized carbons (Fsp3) is 0.533. The molecule has 1 rings (SSSR count). The number of benzene rings is 1. The fourth-order valence-corrected chi connectivity index (χ4v) is 2.29. The Kier molecular flexibility index (Phi) is 4.76. The highest BCUT2D eigenvalue weighted by molar-refractivity contribution is 5.95. The molecular formula is C15H22O3. The predicted molar refractivity (Wildman–Crippen MR) is 72.5 cm³/mol. The van der Waals surface area contributed by atoms with Crippen LogP contribution in [0.2, 0.25) is 0 Å². The quantitative estimate of drug-likeness (QED) is 0.769. The molecule has 0 spiro atoms. The van der Waals surface area contributed by atoms with Gasteiger partial charge in [-0.15, -0.1) is 0 Å². The van der Waals surface area contributed by atoms with Crippen molar-refractivity contribution < 1.29 is 14.3 Å². The van der Waals surface area contributed by atoms with Crippen molar-refractivity contribution >= 4 is 5.97 Å². The zero-order valence-corrected chi connectivity index (χ0v) is 12.1. The summed E-state index contributed by atoms with van der Waals surface area (Å²) in [7, 11) is 1.60. The van der Waals surface area contributed by atoms with Gasteiger partial charge >= 0.3 is 5.97 Å². The van der Waals surface area contributed by atoms with Crippen LogP contribution in [0.4, 0.5) is 0 Å². The number of methoxy groups -OCH3 is 1. The third kappa shape index (κ3) is 2.35. The molecule has 0 fully saturated rings. The number of hydrogen-bond donors (Lipinski definition) is 0. The average molecular weight is 250 g/mol. The number of carbonyl (C=O) groups is 1. The van der Waals surface area contributed by atoms with Gasteiger partial charge in [-0.1, -0.05) is 6.92 Å². The summed E-state index contributed by atoms with van der Waals surface area (Å²) in [6, 6.07) is 0. The van der Waals surface area contributed by atoms with E-state index in [0.717, 1.165) is 23.1 Å². The summed E-state index contributed by atoms with van der Waals surface area (Å²) in [4.78, 5) is 12.1. The predicted octanol–water partition coefficient (Wildman–Crippen LogP) is 3.36. The molecule has 3 nitrogen and oxygen atoms in total. The molecular weight excluding hydrogens is 228 g/mol. The maximum absolute atomic E-state index is 12.1. The molecule has 0 aliphatic heterocycles. The first-order valence-electron chi connectivity index (χ1n) is 6.33. The van der Waals surface area contributed by atoms with Gasteiger partial charge in [-0.25, -0.2) is 4.79 Å². The van der Waals surface area contributed by atoms with E-state index in [9.17, 15) is 4.79 Å². The van der Waals surface area contributed by atoms with E-state index in [1.165, 1.54) is 5.56 Å². The first-order valence-corrected chi connectivity index (χ1v) is 6.33. The molecule has 0 N–H and O–H groups in total. The van der Waals surface area contributed by atoms with Crippen LogP contribution in [0, 0.1) is 20.8 Å². The number of ether oxygens (including phenoxy) is 2. The van der Waals surface area contributed by atoms with Crippen LogP contribution < -0.4 is 4.74 Å². The smallest absolute Gasteiger partial charge is 0.342 e. The summed E-state index contributed by atoms with van der Waals surface area (Å²) < 4.78 is 10.6. The number of hydrogen-bond acceptors (Lipinski definition) is 3. The molecule has 0 unspecified atom stereocenters. The van der Waals surface area contributed by atoms with Crippen molar-refractivity contribution in [1.29, 1.82) is 0 Å². The van der Waals surface area contributed by atoms with Gasteiger partial charge in [0.15, 0.2) is 0 Å². The van der Waals surface area contributed by atoms with Gasteiger partial charge < -0.3 is 9.47 Å². The molecule has 0 heterocycles. The molecule has 0 amide bonds. The monoisotopic (exact) mass is 250 g/mol. The number of rotatable bonds is 4. The number of carbonyl (C=O) groups excluding carboxylic acids is 1. The summed E-state index contributed by atoms with van der Waals surface area (Å²) in [5.41, 5.74) is 4.93. The van der Waals surface area contributed by atoms with Crippen LogP contribution in [0.15, 0.2) is 0 Å². The Hall–Kier alpha value is -1.51. The lowest BCUT2D eigenvalue weighted by molar-refractivity contribution is 0.0521. The molecule has 0 aliphatic rings. The molecule has 0 bridgehead atoms. The molecule has 3 heteroatoms. The maximum Gasteiger partial charge on any atom is 0.342 e. The van der Waals surface area contributed by atoms with Crippen molar-refractivity contribution in [1.82, 2.24) is 0 Å². The second kappa shape index (κ2) is 5.89. The molecule has 0 saturated heterocycles. The summed E-state index contributed by atoms with van der Waals surface area (Å²) in [5, 5.41) is 0. The van der Waals surface area contributed by atoms with Gasteiger partial charge in [0, 0.05) is 0 Å². The normalized spacial score (nSPS) is 10.3. The van der Waals surface area contributed by atoms with Gasteiger partial charge in [0.1, 0.15) is 11.3 Å². The summed E-state index contributed by atoms with van der Waals surface area (Å²) in [6.07, 6.45) is 0.836. The largest absolute Gasteiger partial charge is 0.496 e. The maximum atomic E-state index is 12.1. The standard InChI is InChI=1S/C15H22O3/c1-7-12-10(4)9(3)11(5)13(14(12)17-6)15(16)18-8-2/h7-8H2,1-6H3. The minimum absolute atomic E-state index is 0.301. The SMILES string of the molecule is CCOC(=O)c1c(C)c(C)c(C)c(CC)c1OC. The molecule has 0 aromatic heterocycles. The van der Waals surface area contributed by atoms with Crippen molar-refractivity contribution in [3.63, 3.8) is 0 Å². The van der Waals surface area contributed by atoms with Gasteiger partial charge in [0.25, 0.3) is 0 Å². The molecule has 0 saturated carbocycles. The molecule has 0 atom stereocenters. The molecule has 1 aromatic carbocycles. The lowest BCUT2D eigenvalue weighted by Gasteiger charge is -2.19. The van der Waals surface area contributed by atoms with Gasteiger partial charge in [-0.2, -0.15) is 0 Å². The zero-order valence-electron chi connectivity index (χ0n) is 12.1. The molecule has 0 aliphatic carbocycles. The Morgan fingerprint density at radius 2 is 1.67 bits per heavy atom. The van der Waals surface area contributed by atoms with Crippen LogP contribution in [-0.2, 0) is 11.2 Å². The van der Waals surface area contributed by atoms with Crippen molar-refractivity contribution in [3.8, 4) is 5.75 Å². The van der Waals surface area contributed by atoms with Crippen molar-refractivity contribution in [2.24, 2.45) is 0 Å². The van der Waals surface area contributed by atoms with Crippen LogP contribution in [0.25, 0.3) is 0 Å². The van der Waals surface area contributed by atoms with E-state index in [2.05, 4.69) is 13.8 Å². The second-order valence-corrected chi connectivity index (χ2v) is 4.34. The summed E-state index contributed by atoms with van der Waals surface area (Å²) >= 11 is 0. The Morgan fingerprint density at radius 3 is 2.11 bits per heavy atom. The highest BCUT2D eigenvalue weighted by Gasteiger charge is 2.23. The van der Waals surface area contributed by atoms with Crippen LogP contribution in [0.5, 0.6) is 5.75 Å². The van der Waals surface area contributed by atoms with Gasteiger partial charge in [0.05, 0.1) is 13.7 Å². The van der Waals surface area contributed by atoms with Crippen molar-refractivity contribution in [3.05, 3.63) is 27.8 Å². The van der Waals surface area contributed by atoms with E-state index in [1.807, 2.05) is 20.8 Å². The number of esters is 1. The zero-order chi connectivity index (χ0) is 13.9. The third-order valence-corrected chi connectivity index (χ3v) is 3.49.